The van der Waals surface area contributed by atoms with Crippen LogP contribution in [0, 0.1) is 6.92 Å². The normalized spacial score (nSPS) is 10.8. The van der Waals surface area contributed by atoms with Crippen LogP contribution in [0.4, 0.5) is 0 Å². The zero-order valence-electron chi connectivity index (χ0n) is 13.1. The number of rotatable bonds is 9. The number of amides is 1. The summed E-state index contributed by atoms with van der Waals surface area (Å²) in [4.78, 5) is 14.2. The van der Waals surface area contributed by atoms with E-state index in [-0.39, 0.29) is 5.91 Å². The standard InChI is InChI=1S/C17H28N2O/c1-4-11-19(12-5-2)13-10-17(20)18-14-16-8-6-15(3)7-9-16/h6-9H,4-5,10-14H2,1-3H3,(H,18,20). The summed E-state index contributed by atoms with van der Waals surface area (Å²) in [7, 11) is 0. The molecule has 3 nitrogen and oxygen atoms in total. The van der Waals surface area contributed by atoms with E-state index in [1.807, 2.05) is 0 Å². The predicted octanol–water partition coefficient (Wildman–Crippen LogP) is 3.12. The predicted molar refractivity (Wildman–Crippen MR) is 84.7 cm³/mol. The monoisotopic (exact) mass is 276 g/mol. The van der Waals surface area contributed by atoms with Crippen LogP contribution in [0.3, 0.4) is 0 Å². The molecule has 112 valence electrons. The molecule has 0 saturated heterocycles. The van der Waals surface area contributed by atoms with E-state index >= 15 is 0 Å². The van der Waals surface area contributed by atoms with E-state index < -0.39 is 0 Å². The molecule has 20 heavy (non-hydrogen) atoms. The third-order valence-electron chi connectivity index (χ3n) is 3.35. The second-order valence-corrected chi connectivity index (χ2v) is 5.35. The molecule has 0 saturated carbocycles. The van der Waals surface area contributed by atoms with Gasteiger partial charge in [-0.3, -0.25) is 4.79 Å². The Hall–Kier alpha value is -1.35. The summed E-state index contributed by atoms with van der Waals surface area (Å²) in [6, 6.07) is 8.28. The molecular weight excluding hydrogens is 248 g/mol. The average molecular weight is 276 g/mol. The lowest BCUT2D eigenvalue weighted by Gasteiger charge is -2.20. The van der Waals surface area contributed by atoms with Gasteiger partial charge in [-0.2, -0.15) is 0 Å². The molecule has 0 fully saturated rings. The van der Waals surface area contributed by atoms with Crippen molar-refractivity contribution < 1.29 is 4.79 Å². The third kappa shape index (κ3) is 6.71. The van der Waals surface area contributed by atoms with E-state index in [0.29, 0.717) is 13.0 Å². The number of carbonyl (C=O) groups excluding carboxylic acids is 1. The van der Waals surface area contributed by atoms with E-state index in [0.717, 1.165) is 38.0 Å². The van der Waals surface area contributed by atoms with E-state index in [1.165, 1.54) is 5.56 Å². The molecule has 0 bridgehead atoms. The summed E-state index contributed by atoms with van der Waals surface area (Å²) >= 11 is 0. The molecule has 0 unspecified atom stereocenters. The Labute approximate surface area is 123 Å². The zero-order valence-corrected chi connectivity index (χ0v) is 13.1. The second-order valence-electron chi connectivity index (χ2n) is 5.35. The maximum Gasteiger partial charge on any atom is 0.221 e. The van der Waals surface area contributed by atoms with E-state index in [1.54, 1.807) is 0 Å². The first-order valence-corrected chi connectivity index (χ1v) is 7.70. The first-order valence-electron chi connectivity index (χ1n) is 7.70. The number of hydrogen-bond donors (Lipinski definition) is 1. The SMILES string of the molecule is CCCN(CCC)CCC(=O)NCc1ccc(C)cc1. The molecule has 1 aromatic rings. The number of benzene rings is 1. The van der Waals surface area contributed by atoms with Gasteiger partial charge in [0.25, 0.3) is 0 Å². The van der Waals surface area contributed by atoms with Gasteiger partial charge in [-0.15, -0.1) is 0 Å². The van der Waals surface area contributed by atoms with Gasteiger partial charge in [0.15, 0.2) is 0 Å². The first-order chi connectivity index (χ1) is 9.65. The Kier molecular flexibility index (Phi) is 7.97. The fourth-order valence-electron chi connectivity index (χ4n) is 2.22. The minimum atomic E-state index is 0.141. The smallest absolute Gasteiger partial charge is 0.221 e. The number of nitrogens with zero attached hydrogens (tertiary/aromatic N) is 1. The van der Waals surface area contributed by atoms with Gasteiger partial charge in [0.05, 0.1) is 0 Å². The zero-order chi connectivity index (χ0) is 14.8. The van der Waals surface area contributed by atoms with Crippen molar-refractivity contribution in [2.75, 3.05) is 19.6 Å². The van der Waals surface area contributed by atoms with Gasteiger partial charge in [-0.25, -0.2) is 0 Å². The molecule has 0 aliphatic heterocycles. The van der Waals surface area contributed by atoms with Crippen LogP contribution < -0.4 is 5.32 Å². The van der Waals surface area contributed by atoms with Gasteiger partial charge in [0, 0.05) is 19.5 Å². The molecule has 3 heteroatoms. The van der Waals surface area contributed by atoms with Crippen LogP contribution in [0.15, 0.2) is 24.3 Å². The lowest BCUT2D eigenvalue weighted by atomic mass is 10.1. The minimum absolute atomic E-state index is 0.141. The molecule has 0 atom stereocenters. The van der Waals surface area contributed by atoms with Gasteiger partial charge in [0.2, 0.25) is 5.91 Å². The van der Waals surface area contributed by atoms with Crippen LogP contribution in [0.1, 0.15) is 44.2 Å². The molecule has 0 aromatic heterocycles. The number of aryl methyl sites for hydroxylation is 1. The number of hydrogen-bond acceptors (Lipinski definition) is 2. The van der Waals surface area contributed by atoms with E-state index in [2.05, 4.69) is 55.3 Å². The highest BCUT2D eigenvalue weighted by atomic mass is 16.1. The van der Waals surface area contributed by atoms with Crippen LogP contribution >= 0.6 is 0 Å². The lowest BCUT2D eigenvalue weighted by molar-refractivity contribution is -0.121. The highest BCUT2D eigenvalue weighted by molar-refractivity contribution is 5.76. The van der Waals surface area contributed by atoms with Crippen LogP contribution in [0.25, 0.3) is 0 Å². The summed E-state index contributed by atoms with van der Waals surface area (Å²) in [6.45, 7) is 10.1. The van der Waals surface area contributed by atoms with Gasteiger partial charge < -0.3 is 10.2 Å². The summed E-state index contributed by atoms with van der Waals surface area (Å²) in [6.07, 6.45) is 2.88. The molecule has 1 N–H and O–H groups in total. The summed E-state index contributed by atoms with van der Waals surface area (Å²) in [5, 5.41) is 2.99. The summed E-state index contributed by atoms with van der Waals surface area (Å²) < 4.78 is 0. The molecule has 1 amide bonds. The van der Waals surface area contributed by atoms with Crippen molar-refractivity contribution in [2.45, 2.75) is 46.6 Å². The molecule has 1 rings (SSSR count). The van der Waals surface area contributed by atoms with E-state index in [9.17, 15) is 4.79 Å². The van der Waals surface area contributed by atoms with E-state index in [4.69, 9.17) is 0 Å². The van der Waals surface area contributed by atoms with Crippen molar-refractivity contribution in [3.63, 3.8) is 0 Å². The Morgan fingerprint density at radius 3 is 2.20 bits per heavy atom. The van der Waals surface area contributed by atoms with Gasteiger partial charge in [0.1, 0.15) is 0 Å². The van der Waals surface area contributed by atoms with Crippen molar-refractivity contribution in [3.8, 4) is 0 Å². The quantitative estimate of drug-likeness (QED) is 0.751. The Bertz CT molecular complexity index is 380. The summed E-state index contributed by atoms with van der Waals surface area (Å²) in [5.41, 5.74) is 2.40. The third-order valence-corrected chi connectivity index (χ3v) is 3.35. The Morgan fingerprint density at radius 1 is 1.05 bits per heavy atom. The molecule has 1 aromatic carbocycles. The van der Waals surface area contributed by atoms with Crippen molar-refractivity contribution in [3.05, 3.63) is 35.4 Å². The van der Waals surface area contributed by atoms with Crippen LogP contribution in [0.2, 0.25) is 0 Å². The lowest BCUT2D eigenvalue weighted by Crippen LogP contribution is -2.31. The second kappa shape index (κ2) is 9.54. The van der Waals surface area contributed by atoms with Crippen molar-refractivity contribution >= 4 is 5.91 Å². The Morgan fingerprint density at radius 2 is 1.65 bits per heavy atom. The van der Waals surface area contributed by atoms with Crippen molar-refractivity contribution in [2.24, 2.45) is 0 Å². The highest BCUT2D eigenvalue weighted by Crippen LogP contribution is 2.03. The number of nitrogens with one attached hydrogen (secondary N) is 1. The fraction of sp³-hybridized carbons (Fsp3) is 0.588. The molecule has 0 radical (unpaired) electrons. The first kappa shape index (κ1) is 16.7. The maximum absolute atomic E-state index is 11.9. The van der Waals surface area contributed by atoms with Crippen LogP contribution in [0.5, 0.6) is 0 Å². The molecule has 0 aliphatic rings. The summed E-state index contributed by atoms with van der Waals surface area (Å²) in [5.74, 6) is 0.141. The fourth-order valence-corrected chi connectivity index (χ4v) is 2.22. The largest absolute Gasteiger partial charge is 0.352 e. The topological polar surface area (TPSA) is 32.3 Å². The average Bonchev–Trinajstić information content (AvgIpc) is 2.44. The maximum atomic E-state index is 11.9. The highest BCUT2D eigenvalue weighted by Gasteiger charge is 2.06. The molecule has 0 aliphatic carbocycles. The Balaban J connectivity index is 2.27. The number of carbonyl (C=O) groups is 1. The van der Waals surface area contributed by atoms with Gasteiger partial charge >= 0.3 is 0 Å². The van der Waals surface area contributed by atoms with Gasteiger partial charge in [-0.05, 0) is 38.4 Å². The molecule has 0 heterocycles. The van der Waals surface area contributed by atoms with Gasteiger partial charge in [-0.1, -0.05) is 43.7 Å². The van der Waals surface area contributed by atoms with Crippen molar-refractivity contribution in [1.29, 1.82) is 0 Å². The van der Waals surface area contributed by atoms with Crippen molar-refractivity contribution in [1.82, 2.24) is 10.2 Å². The van der Waals surface area contributed by atoms with Crippen LogP contribution in [-0.4, -0.2) is 30.4 Å². The molecule has 0 spiro atoms. The molecular formula is C17H28N2O. The minimum Gasteiger partial charge on any atom is -0.352 e. The van der Waals surface area contributed by atoms with Crippen LogP contribution in [-0.2, 0) is 11.3 Å².